The number of imide groups is 1. The van der Waals surface area contributed by atoms with E-state index < -0.39 is 29.6 Å². The van der Waals surface area contributed by atoms with Crippen molar-refractivity contribution in [3.8, 4) is 0 Å². The van der Waals surface area contributed by atoms with Gasteiger partial charge in [0, 0.05) is 24.2 Å². The van der Waals surface area contributed by atoms with Crippen molar-refractivity contribution < 1.29 is 18.4 Å². The van der Waals surface area contributed by atoms with Gasteiger partial charge in [0.1, 0.15) is 11.6 Å². The van der Waals surface area contributed by atoms with Crippen molar-refractivity contribution in [3.63, 3.8) is 0 Å². The van der Waals surface area contributed by atoms with Gasteiger partial charge in [0.25, 0.3) is 0 Å². The molecule has 0 spiro atoms. The topological polar surface area (TPSA) is 61.4 Å². The van der Waals surface area contributed by atoms with Gasteiger partial charge in [-0.15, -0.1) is 0 Å². The number of hydrogen-bond acceptors (Lipinski definition) is 3. The molecule has 2 N–H and O–H groups in total. The highest BCUT2D eigenvalue weighted by molar-refractivity contribution is 5.96. The second-order valence-corrected chi connectivity index (χ2v) is 5.56. The van der Waals surface area contributed by atoms with Gasteiger partial charge >= 0.3 is 6.03 Å². The van der Waals surface area contributed by atoms with Crippen LogP contribution in [0.2, 0.25) is 0 Å². The Bertz CT molecular complexity index is 576. The average Bonchev–Trinajstić information content (AvgIpc) is 3.24. The van der Waals surface area contributed by atoms with Crippen molar-refractivity contribution in [2.24, 2.45) is 0 Å². The number of benzene rings is 1. The zero-order valence-corrected chi connectivity index (χ0v) is 12.5. The molecule has 7 heteroatoms. The first-order valence-corrected chi connectivity index (χ1v) is 7.12. The summed E-state index contributed by atoms with van der Waals surface area (Å²) in [5, 5.41) is 4.91. The molecule has 2 rings (SSSR count). The Hall–Kier alpha value is -2.02. The van der Waals surface area contributed by atoms with Crippen LogP contribution in [0, 0.1) is 11.6 Å². The van der Waals surface area contributed by atoms with E-state index in [4.69, 9.17) is 0 Å². The number of likely N-dealkylation sites (N-methyl/N-ethyl adjacent to an activating group) is 1. The Balaban J connectivity index is 1.88. The standard InChI is InChI=1S/C15H19F2N3O2/c1-9(14(21)19-15(22)18-12-5-6-12)20(2)8-10-3-4-11(16)7-13(10)17/h3-4,7,9,12H,5-6,8H2,1-2H3,(H2,18,19,21,22)/t9-/m0/s1. The maximum atomic E-state index is 13.6. The molecule has 0 heterocycles. The van der Waals surface area contributed by atoms with Gasteiger partial charge in [-0.3, -0.25) is 15.0 Å². The van der Waals surface area contributed by atoms with Gasteiger partial charge in [0.05, 0.1) is 6.04 Å². The molecular weight excluding hydrogens is 292 g/mol. The molecule has 0 unspecified atom stereocenters. The van der Waals surface area contributed by atoms with E-state index in [-0.39, 0.29) is 18.2 Å². The smallest absolute Gasteiger partial charge is 0.321 e. The zero-order chi connectivity index (χ0) is 16.3. The summed E-state index contributed by atoms with van der Waals surface area (Å²) in [5.74, 6) is -1.78. The average molecular weight is 311 g/mol. The van der Waals surface area contributed by atoms with Crippen molar-refractivity contribution in [1.82, 2.24) is 15.5 Å². The minimum Gasteiger partial charge on any atom is -0.335 e. The van der Waals surface area contributed by atoms with Crippen molar-refractivity contribution >= 4 is 11.9 Å². The lowest BCUT2D eigenvalue weighted by Gasteiger charge is -2.23. The van der Waals surface area contributed by atoms with Crippen LogP contribution in [0.25, 0.3) is 0 Å². The first kappa shape index (κ1) is 16.4. The fourth-order valence-electron chi connectivity index (χ4n) is 1.92. The van der Waals surface area contributed by atoms with Crippen molar-refractivity contribution in [2.75, 3.05) is 7.05 Å². The van der Waals surface area contributed by atoms with Gasteiger partial charge < -0.3 is 5.32 Å². The molecule has 3 amide bonds. The lowest BCUT2D eigenvalue weighted by atomic mass is 10.1. The number of urea groups is 1. The first-order valence-electron chi connectivity index (χ1n) is 7.12. The molecule has 1 aliphatic carbocycles. The number of amides is 3. The van der Waals surface area contributed by atoms with Crippen LogP contribution in [-0.2, 0) is 11.3 Å². The summed E-state index contributed by atoms with van der Waals surface area (Å²) in [7, 11) is 1.63. The van der Waals surface area contributed by atoms with Crippen molar-refractivity contribution in [3.05, 3.63) is 35.4 Å². The van der Waals surface area contributed by atoms with Crippen LogP contribution in [0.1, 0.15) is 25.3 Å². The number of nitrogens with zero attached hydrogens (tertiary/aromatic N) is 1. The Morgan fingerprint density at radius 2 is 2.05 bits per heavy atom. The number of rotatable bonds is 5. The van der Waals surface area contributed by atoms with Crippen LogP contribution < -0.4 is 10.6 Å². The molecule has 1 fully saturated rings. The molecule has 1 aromatic carbocycles. The number of halogens is 2. The molecule has 5 nitrogen and oxygen atoms in total. The Morgan fingerprint density at radius 3 is 2.64 bits per heavy atom. The number of nitrogens with one attached hydrogen (secondary N) is 2. The Kier molecular flexibility index (Phi) is 5.07. The molecule has 1 aromatic rings. The SMILES string of the molecule is C[C@@H](C(=O)NC(=O)NC1CC1)N(C)Cc1ccc(F)cc1F. The van der Waals surface area contributed by atoms with E-state index in [1.807, 2.05) is 0 Å². The molecule has 1 atom stereocenters. The van der Waals surface area contributed by atoms with Gasteiger partial charge in [-0.25, -0.2) is 13.6 Å². The van der Waals surface area contributed by atoms with Crippen LogP contribution in [0.3, 0.4) is 0 Å². The lowest BCUT2D eigenvalue weighted by Crippen LogP contribution is -2.48. The van der Waals surface area contributed by atoms with Crippen molar-refractivity contribution in [2.45, 2.75) is 38.4 Å². The van der Waals surface area contributed by atoms with E-state index in [1.54, 1.807) is 18.9 Å². The van der Waals surface area contributed by atoms with Gasteiger partial charge in [-0.2, -0.15) is 0 Å². The van der Waals surface area contributed by atoms with Gasteiger partial charge in [0.15, 0.2) is 0 Å². The Morgan fingerprint density at radius 1 is 1.36 bits per heavy atom. The van der Waals surface area contributed by atoms with E-state index >= 15 is 0 Å². The van der Waals surface area contributed by atoms with E-state index in [9.17, 15) is 18.4 Å². The zero-order valence-electron chi connectivity index (χ0n) is 12.5. The second kappa shape index (κ2) is 6.83. The molecule has 0 aromatic heterocycles. The van der Waals surface area contributed by atoms with Crippen LogP contribution in [0.4, 0.5) is 13.6 Å². The van der Waals surface area contributed by atoms with E-state index in [0.717, 1.165) is 18.9 Å². The molecule has 120 valence electrons. The first-order chi connectivity index (χ1) is 10.4. The second-order valence-electron chi connectivity index (χ2n) is 5.56. The molecule has 22 heavy (non-hydrogen) atoms. The highest BCUT2D eigenvalue weighted by atomic mass is 19.1. The van der Waals surface area contributed by atoms with Gasteiger partial charge in [0.2, 0.25) is 5.91 Å². The lowest BCUT2D eigenvalue weighted by molar-refractivity contribution is -0.124. The summed E-state index contributed by atoms with van der Waals surface area (Å²) in [6, 6.07) is 2.33. The summed E-state index contributed by atoms with van der Waals surface area (Å²) >= 11 is 0. The van der Waals surface area contributed by atoms with Gasteiger partial charge in [-0.1, -0.05) is 6.07 Å². The minimum atomic E-state index is -0.661. The summed E-state index contributed by atoms with van der Waals surface area (Å²) in [6.45, 7) is 1.74. The van der Waals surface area contributed by atoms with Crippen LogP contribution in [0.15, 0.2) is 18.2 Å². The summed E-state index contributed by atoms with van der Waals surface area (Å²) in [6.07, 6.45) is 1.86. The predicted molar refractivity (Wildman–Crippen MR) is 77.0 cm³/mol. The monoisotopic (exact) mass is 311 g/mol. The molecule has 0 bridgehead atoms. The van der Waals surface area contributed by atoms with Crippen molar-refractivity contribution in [1.29, 1.82) is 0 Å². The molecule has 0 aliphatic heterocycles. The quantitative estimate of drug-likeness (QED) is 0.871. The highest BCUT2D eigenvalue weighted by Gasteiger charge is 2.26. The maximum absolute atomic E-state index is 13.6. The number of carbonyl (C=O) groups is 2. The Labute approximate surface area is 127 Å². The molecule has 1 aliphatic rings. The molecule has 0 saturated heterocycles. The third-order valence-electron chi connectivity index (χ3n) is 3.62. The molecule has 1 saturated carbocycles. The fraction of sp³-hybridized carbons (Fsp3) is 0.467. The summed E-state index contributed by atoms with van der Waals surface area (Å²) < 4.78 is 26.5. The maximum Gasteiger partial charge on any atom is 0.321 e. The molecular formula is C15H19F2N3O2. The molecule has 0 radical (unpaired) electrons. The fourth-order valence-corrected chi connectivity index (χ4v) is 1.92. The summed E-state index contributed by atoms with van der Waals surface area (Å²) in [5.41, 5.74) is 0.283. The van der Waals surface area contributed by atoms with Gasteiger partial charge in [-0.05, 0) is 32.9 Å². The van der Waals surface area contributed by atoms with E-state index in [1.165, 1.54) is 12.1 Å². The van der Waals surface area contributed by atoms with E-state index in [0.29, 0.717) is 0 Å². The predicted octanol–water partition coefficient (Wildman–Crippen LogP) is 1.77. The number of hydrogen-bond donors (Lipinski definition) is 2. The third kappa shape index (κ3) is 4.49. The van der Waals surface area contributed by atoms with E-state index in [2.05, 4.69) is 10.6 Å². The number of carbonyl (C=O) groups excluding carboxylic acids is 2. The van der Waals surface area contributed by atoms with Crippen LogP contribution in [0.5, 0.6) is 0 Å². The minimum absolute atomic E-state index is 0.130. The third-order valence-corrected chi connectivity index (χ3v) is 3.62. The van der Waals surface area contributed by atoms with Crippen LogP contribution >= 0.6 is 0 Å². The van der Waals surface area contributed by atoms with Crippen LogP contribution in [-0.4, -0.2) is 36.0 Å². The highest BCUT2D eigenvalue weighted by Crippen LogP contribution is 2.18. The largest absolute Gasteiger partial charge is 0.335 e. The summed E-state index contributed by atoms with van der Waals surface area (Å²) in [4.78, 5) is 25.1. The normalized spacial score (nSPS) is 15.5.